The van der Waals surface area contributed by atoms with Crippen molar-refractivity contribution >= 4 is 0 Å². The van der Waals surface area contributed by atoms with Crippen molar-refractivity contribution in [3.63, 3.8) is 0 Å². The van der Waals surface area contributed by atoms with Crippen LogP contribution >= 0.6 is 0 Å². The minimum absolute atomic E-state index is 0.579. The summed E-state index contributed by atoms with van der Waals surface area (Å²) in [4.78, 5) is 0. The lowest BCUT2D eigenvalue weighted by atomic mass is 9.80. The number of ether oxygens (including phenoxy) is 1. The molecule has 0 saturated heterocycles. The molecule has 0 unspecified atom stereocenters. The second-order valence-corrected chi connectivity index (χ2v) is 8.05. The van der Waals surface area contributed by atoms with Crippen LogP contribution in [0.25, 0.3) is 0 Å². The third-order valence-electron chi connectivity index (χ3n) is 5.83. The molecule has 2 heteroatoms. The van der Waals surface area contributed by atoms with Crippen LogP contribution in [0.5, 0.6) is 0 Å². The van der Waals surface area contributed by atoms with Gasteiger partial charge in [-0.05, 0) is 35.1 Å². The molecule has 0 fully saturated rings. The van der Waals surface area contributed by atoms with Gasteiger partial charge in [0.1, 0.15) is 5.60 Å². The van der Waals surface area contributed by atoms with Gasteiger partial charge >= 0.3 is 0 Å². The van der Waals surface area contributed by atoms with E-state index in [0.29, 0.717) is 6.61 Å². The fraction of sp³-hybridized carbons (Fsp3) is 0.161. The van der Waals surface area contributed by atoms with E-state index < -0.39 is 11.7 Å². The summed E-state index contributed by atoms with van der Waals surface area (Å²) in [6, 6.07) is 41.0. The van der Waals surface area contributed by atoms with Crippen molar-refractivity contribution in [1.82, 2.24) is 0 Å². The predicted octanol–water partition coefficient (Wildman–Crippen LogP) is 7.07. The molecule has 0 spiro atoms. The van der Waals surface area contributed by atoms with Crippen molar-refractivity contribution in [2.45, 2.75) is 24.5 Å². The van der Waals surface area contributed by atoms with Gasteiger partial charge in [0.25, 0.3) is 0 Å². The molecular weight excluding hydrogens is 404 g/mol. The molecule has 4 aromatic carbocycles. The number of allylic oxidation sites excluding steroid dienone is 1. The highest BCUT2D eigenvalue weighted by Crippen LogP contribution is 2.40. The molecule has 33 heavy (non-hydrogen) atoms. The molecular formula is C31H30O2. The van der Waals surface area contributed by atoms with E-state index in [0.717, 1.165) is 35.1 Å². The normalized spacial score (nSPS) is 12.6. The predicted molar refractivity (Wildman–Crippen MR) is 135 cm³/mol. The Labute approximate surface area is 196 Å². The third-order valence-corrected chi connectivity index (χ3v) is 5.83. The first-order valence-corrected chi connectivity index (χ1v) is 11.5. The van der Waals surface area contributed by atoms with E-state index in [9.17, 15) is 5.11 Å². The van der Waals surface area contributed by atoms with Gasteiger partial charge in [-0.15, -0.1) is 0 Å². The molecule has 1 N–H and O–H groups in total. The SMILES string of the molecule is O[C@H](/C=C/CCCOC(c1ccccc1)(c1ccccc1)c1ccccc1)c1ccccc1. The number of benzene rings is 4. The standard InChI is InChI=1S/C31H30O2/c32-30(26-16-6-1-7-17-26)24-14-5-15-25-33-31(27-18-8-2-9-19-27,28-20-10-3-11-21-28)29-22-12-4-13-23-29/h1-4,6-14,16-24,30,32H,5,15,25H2/b24-14+/t30-/m1/s1. The van der Waals surface area contributed by atoms with Crippen molar-refractivity contribution in [3.8, 4) is 0 Å². The Morgan fingerprint density at radius 2 is 1.06 bits per heavy atom. The third kappa shape index (κ3) is 5.48. The maximum atomic E-state index is 10.3. The Kier molecular flexibility index (Phi) is 7.86. The summed E-state index contributed by atoms with van der Waals surface area (Å²) in [6.07, 6.45) is 5.00. The van der Waals surface area contributed by atoms with E-state index in [-0.39, 0.29) is 0 Å². The second-order valence-electron chi connectivity index (χ2n) is 8.05. The van der Waals surface area contributed by atoms with Crippen LogP contribution in [0, 0.1) is 0 Å². The van der Waals surface area contributed by atoms with Gasteiger partial charge in [-0.2, -0.15) is 0 Å². The molecule has 0 aliphatic rings. The summed E-state index contributed by atoms with van der Waals surface area (Å²) in [5.41, 5.74) is 3.55. The van der Waals surface area contributed by atoms with E-state index >= 15 is 0 Å². The maximum Gasteiger partial charge on any atom is 0.143 e. The van der Waals surface area contributed by atoms with Crippen LogP contribution in [-0.4, -0.2) is 11.7 Å². The molecule has 0 heterocycles. The van der Waals surface area contributed by atoms with E-state index in [2.05, 4.69) is 72.8 Å². The Morgan fingerprint density at radius 1 is 0.636 bits per heavy atom. The van der Waals surface area contributed by atoms with E-state index in [1.54, 1.807) is 0 Å². The smallest absolute Gasteiger partial charge is 0.143 e. The average Bonchev–Trinajstić information content (AvgIpc) is 2.90. The highest BCUT2D eigenvalue weighted by molar-refractivity contribution is 5.47. The summed E-state index contributed by atoms with van der Waals surface area (Å²) in [5, 5.41) is 10.3. The maximum absolute atomic E-state index is 10.3. The van der Waals surface area contributed by atoms with Gasteiger partial charge < -0.3 is 9.84 Å². The number of aliphatic hydroxyl groups excluding tert-OH is 1. The molecule has 0 radical (unpaired) electrons. The molecule has 0 amide bonds. The van der Waals surface area contributed by atoms with E-state index in [4.69, 9.17) is 4.74 Å². The zero-order valence-electron chi connectivity index (χ0n) is 18.8. The zero-order valence-corrected chi connectivity index (χ0v) is 18.8. The molecule has 0 aromatic heterocycles. The summed E-state index contributed by atoms with van der Waals surface area (Å²) in [7, 11) is 0. The van der Waals surface area contributed by atoms with Crippen molar-refractivity contribution in [2.24, 2.45) is 0 Å². The molecule has 166 valence electrons. The average molecular weight is 435 g/mol. The van der Waals surface area contributed by atoms with Crippen LogP contribution in [0.2, 0.25) is 0 Å². The van der Waals surface area contributed by atoms with Gasteiger partial charge in [0.2, 0.25) is 0 Å². The van der Waals surface area contributed by atoms with Crippen LogP contribution in [0.3, 0.4) is 0 Å². The Balaban J connectivity index is 1.53. The molecule has 0 bridgehead atoms. The number of hydrogen-bond donors (Lipinski definition) is 1. The van der Waals surface area contributed by atoms with Crippen molar-refractivity contribution in [2.75, 3.05) is 6.61 Å². The van der Waals surface area contributed by atoms with Crippen LogP contribution in [-0.2, 0) is 10.3 Å². The Morgan fingerprint density at radius 3 is 1.52 bits per heavy atom. The zero-order chi connectivity index (χ0) is 22.8. The monoisotopic (exact) mass is 434 g/mol. The van der Waals surface area contributed by atoms with Crippen LogP contribution in [0.1, 0.15) is 41.2 Å². The first-order chi connectivity index (χ1) is 16.3. The van der Waals surface area contributed by atoms with Crippen LogP contribution in [0.4, 0.5) is 0 Å². The fourth-order valence-electron chi connectivity index (χ4n) is 4.18. The van der Waals surface area contributed by atoms with Crippen molar-refractivity contribution < 1.29 is 9.84 Å². The van der Waals surface area contributed by atoms with Crippen molar-refractivity contribution in [1.29, 1.82) is 0 Å². The van der Waals surface area contributed by atoms with Gasteiger partial charge in [-0.25, -0.2) is 0 Å². The number of rotatable bonds is 10. The number of aliphatic hydroxyl groups is 1. The highest BCUT2D eigenvalue weighted by atomic mass is 16.5. The minimum Gasteiger partial charge on any atom is -0.384 e. The van der Waals surface area contributed by atoms with E-state index in [1.807, 2.05) is 60.7 Å². The van der Waals surface area contributed by atoms with Gasteiger partial charge in [0.15, 0.2) is 0 Å². The molecule has 0 aliphatic heterocycles. The summed E-state index contributed by atoms with van der Waals surface area (Å²) < 4.78 is 6.78. The quantitative estimate of drug-likeness (QED) is 0.164. The van der Waals surface area contributed by atoms with Gasteiger partial charge in [-0.3, -0.25) is 0 Å². The lowest BCUT2D eigenvalue weighted by Gasteiger charge is -2.36. The van der Waals surface area contributed by atoms with Gasteiger partial charge in [0, 0.05) is 6.61 Å². The van der Waals surface area contributed by atoms with Crippen LogP contribution < -0.4 is 0 Å². The molecule has 4 aromatic rings. The molecule has 0 aliphatic carbocycles. The fourth-order valence-corrected chi connectivity index (χ4v) is 4.18. The molecule has 0 saturated carbocycles. The Hall–Kier alpha value is -3.46. The van der Waals surface area contributed by atoms with Crippen LogP contribution in [0.15, 0.2) is 133 Å². The molecule has 2 nitrogen and oxygen atoms in total. The van der Waals surface area contributed by atoms with Gasteiger partial charge in [0.05, 0.1) is 6.10 Å². The lowest BCUT2D eigenvalue weighted by Crippen LogP contribution is -2.33. The molecule has 1 atom stereocenters. The highest BCUT2D eigenvalue weighted by Gasteiger charge is 2.37. The first kappa shape index (κ1) is 22.7. The topological polar surface area (TPSA) is 29.5 Å². The number of unbranched alkanes of at least 4 members (excludes halogenated alkanes) is 1. The Bertz CT molecular complexity index is 1010. The van der Waals surface area contributed by atoms with Crippen molar-refractivity contribution in [3.05, 3.63) is 156 Å². The number of hydrogen-bond acceptors (Lipinski definition) is 2. The first-order valence-electron chi connectivity index (χ1n) is 11.5. The summed E-state index contributed by atoms with van der Waals surface area (Å²) in [5.74, 6) is 0. The summed E-state index contributed by atoms with van der Waals surface area (Å²) in [6.45, 7) is 0.588. The molecule has 4 rings (SSSR count). The summed E-state index contributed by atoms with van der Waals surface area (Å²) >= 11 is 0. The van der Waals surface area contributed by atoms with Gasteiger partial charge in [-0.1, -0.05) is 133 Å². The largest absolute Gasteiger partial charge is 0.384 e. The lowest BCUT2D eigenvalue weighted by molar-refractivity contribution is 0.0118. The minimum atomic E-state index is -0.683. The second kappa shape index (κ2) is 11.4. The van der Waals surface area contributed by atoms with E-state index in [1.165, 1.54) is 0 Å².